The fourth-order valence-corrected chi connectivity index (χ4v) is 3.00. The maximum atomic E-state index is 12.5. The lowest BCUT2D eigenvalue weighted by atomic mass is 10.1. The van der Waals surface area contributed by atoms with Crippen LogP contribution in [0.25, 0.3) is 11.3 Å². The van der Waals surface area contributed by atoms with Crippen LogP contribution in [0, 0.1) is 6.92 Å². The van der Waals surface area contributed by atoms with Crippen molar-refractivity contribution in [1.29, 1.82) is 0 Å². The Balaban J connectivity index is 1.64. The predicted molar refractivity (Wildman–Crippen MR) is 119 cm³/mol. The quantitative estimate of drug-likeness (QED) is 0.443. The van der Waals surface area contributed by atoms with Crippen molar-refractivity contribution in [3.05, 3.63) is 82.4 Å². The Hall–Kier alpha value is -3.74. The zero-order chi connectivity index (χ0) is 22.2. The zero-order valence-electron chi connectivity index (χ0n) is 17.6. The first-order valence-corrected chi connectivity index (χ1v) is 10.2. The number of unbranched alkanes of at least 4 members (excludes halogenated alkanes) is 1. The van der Waals surface area contributed by atoms with Gasteiger partial charge in [-0.15, -0.1) is 0 Å². The largest absolute Gasteiger partial charge is 0.462 e. The van der Waals surface area contributed by atoms with E-state index in [0.717, 1.165) is 18.4 Å². The first-order chi connectivity index (χ1) is 15.0. The fourth-order valence-electron chi connectivity index (χ4n) is 3.00. The van der Waals surface area contributed by atoms with E-state index in [4.69, 9.17) is 4.74 Å². The molecule has 0 aliphatic rings. The second-order valence-electron chi connectivity index (χ2n) is 7.09. The Morgan fingerprint density at radius 3 is 2.42 bits per heavy atom. The van der Waals surface area contributed by atoms with Gasteiger partial charge in [0.2, 0.25) is 5.91 Å². The van der Waals surface area contributed by atoms with Crippen molar-refractivity contribution >= 4 is 17.6 Å². The van der Waals surface area contributed by atoms with Gasteiger partial charge in [-0.1, -0.05) is 43.7 Å². The third-order valence-electron chi connectivity index (χ3n) is 4.71. The van der Waals surface area contributed by atoms with Gasteiger partial charge in [-0.2, -0.15) is 0 Å². The second-order valence-corrected chi connectivity index (χ2v) is 7.09. The van der Waals surface area contributed by atoms with E-state index in [1.165, 1.54) is 10.6 Å². The maximum Gasteiger partial charge on any atom is 0.338 e. The highest BCUT2D eigenvalue weighted by Gasteiger charge is 2.12. The Bertz CT molecular complexity index is 1110. The monoisotopic (exact) mass is 419 g/mol. The molecular weight excluding hydrogens is 394 g/mol. The molecule has 1 amide bonds. The Labute approximate surface area is 180 Å². The molecule has 1 heterocycles. The molecule has 3 aromatic rings. The van der Waals surface area contributed by atoms with Crippen molar-refractivity contribution in [1.82, 2.24) is 9.55 Å². The van der Waals surface area contributed by atoms with Crippen LogP contribution in [0.5, 0.6) is 0 Å². The smallest absolute Gasteiger partial charge is 0.338 e. The number of carbonyl (C=O) groups excluding carboxylic acids is 2. The molecule has 1 N–H and O–H groups in total. The lowest BCUT2D eigenvalue weighted by molar-refractivity contribution is -0.116. The van der Waals surface area contributed by atoms with Crippen LogP contribution in [0.15, 0.2) is 65.5 Å². The maximum absolute atomic E-state index is 12.5. The second kappa shape index (κ2) is 10.3. The summed E-state index contributed by atoms with van der Waals surface area (Å²) in [4.78, 5) is 41.4. The molecule has 0 unspecified atom stereocenters. The summed E-state index contributed by atoms with van der Waals surface area (Å²) >= 11 is 0. The highest BCUT2D eigenvalue weighted by Crippen LogP contribution is 2.15. The molecule has 0 aliphatic carbocycles. The van der Waals surface area contributed by atoms with E-state index in [1.54, 1.807) is 31.2 Å². The van der Waals surface area contributed by atoms with Crippen molar-refractivity contribution in [3.63, 3.8) is 0 Å². The molecule has 0 saturated heterocycles. The summed E-state index contributed by atoms with van der Waals surface area (Å²) in [6.07, 6.45) is 1.77. The van der Waals surface area contributed by atoms with Gasteiger partial charge >= 0.3 is 5.97 Å². The van der Waals surface area contributed by atoms with Crippen molar-refractivity contribution in [2.75, 3.05) is 11.9 Å². The molecule has 31 heavy (non-hydrogen) atoms. The van der Waals surface area contributed by atoms with Crippen molar-refractivity contribution in [3.8, 4) is 11.3 Å². The molecule has 0 fully saturated rings. The molecule has 0 aliphatic heterocycles. The average Bonchev–Trinajstić information content (AvgIpc) is 2.77. The number of hydrogen-bond donors (Lipinski definition) is 1. The standard InChI is InChI=1S/C24H25N3O4/c1-3-4-14-31-24(30)19-10-12-20(13-11-19)26-22(28)16-27-17(2)25-21(15-23(27)29)18-8-6-5-7-9-18/h5-13,15H,3-4,14,16H2,1-2H3,(H,26,28). The summed E-state index contributed by atoms with van der Waals surface area (Å²) in [5, 5.41) is 2.73. The molecule has 0 atom stereocenters. The first-order valence-electron chi connectivity index (χ1n) is 10.2. The third kappa shape index (κ3) is 5.88. The van der Waals surface area contributed by atoms with E-state index in [2.05, 4.69) is 10.3 Å². The SMILES string of the molecule is CCCCOC(=O)c1ccc(NC(=O)Cn2c(C)nc(-c3ccccc3)cc2=O)cc1. The number of carbonyl (C=O) groups is 2. The summed E-state index contributed by atoms with van der Waals surface area (Å²) in [6.45, 7) is 3.95. The number of ether oxygens (including phenoxy) is 1. The number of esters is 1. The summed E-state index contributed by atoms with van der Waals surface area (Å²) in [7, 11) is 0. The fraction of sp³-hybridized carbons (Fsp3) is 0.250. The number of nitrogens with one attached hydrogen (secondary N) is 1. The Morgan fingerprint density at radius 2 is 1.77 bits per heavy atom. The van der Waals surface area contributed by atoms with Crippen LogP contribution in [0.2, 0.25) is 0 Å². The Kier molecular flexibility index (Phi) is 7.32. The van der Waals surface area contributed by atoms with Crippen LogP contribution in [-0.2, 0) is 16.1 Å². The first kappa shape index (κ1) is 22.0. The lowest BCUT2D eigenvalue weighted by Gasteiger charge is -2.11. The van der Waals surface area contributed by atoms with Gasteiger partial charge in [-0.3, -0.25) is 14.2 Å². The molecule has 7 nitrogen and oxygen atoms in total. The van der Waals surface area contributed by atoms with Crippen LogP contribution in [0.1, 0.15) is 35.9 Å². The van der Waals surface area contributed by atoms with Gasteiger partial charge < -0.3 is 10.1 Å². The van der Waals surface area contributed by atoms with E-state index in [9.17, 15) is 14.4 Å². The van der Waals surface area contributed by atoms with Crippen molar-refractivity contribution < 1.29 is 14.3 Å². The highest BCUT2D eigenvalue weighted by molar-refractivity contribution is 5.93. The van der Waals surface area contributed by atoms with E-state index >= 15 is 0 Å². The van der Waals surface area contributed by atoms with Crippen LogP contribution in [-0.4, -0.2) is 28.0 Å². The number of rotatable bonds is 8. The molecule has 3 rings (SSSR count). The minimum atomic E-state index is -0.391. The zero-order valence-corrected chi connectivity index (χ0v) is 17.6. The minimum Gasteiger partial charge on any atom is -0.462 e. The number of anilines is 1. The van der Waals surface area contributed by atoms with Gasteiger partial charge in [0.15, 0.2) is 0 Å². The molecule has 2 aromatic carbocycles. The van der Waals surface area contributed by atoms with E-state index in [1.807, 2.05) is 37.3 Å². The molecule has 0 saturated carbocycles. The van der Waals surface area contributed by atoms with Gasteiger partial charge in [-0.25, -0.2) is 9.78 Å². The van der Waals surface area contributed by atoms with Gasteiger partial charge in [0.05, 0.1) is 17.9 Å². The van der Waals surface area contributed by atoms with Crippen LogP contribution >= 0.6 is 0 Å². The molecule has 0 spiro atoms. The number of amides is 1. The van der Waals surface area contributed by atoms with Crippen LogP contribution < -0.4 is 10.9 Å². The van der Waals surface area contributed by atoms with Crippen molar-refractivity contribution in [2.45, 2.75) is 33.2 Å². The van der Waals surface area contributed by atoms with Gasteiger partial charge in [0, 0.05) is 17.3 Å². The summed E-state index contributed by atoms with van der Waals surface area (Å²) < 4.78 is 6.49. The lowest BCUT2D eigenvalue weighted by Crippen LogP contribution is -2.29. The van der Waals surface area contributed by atoms with Gasteiger partial charge in [0.25, 0.3) is 5.56 Å². The minimum absolute atomic E-state index is 0.159. The molecule has 160 valence electrons. The van der Waals surface area contributed by atoms with Crippen LogP contribution in [0.3, 0.4) is 0 Å². The topological polar surface area (TPSA) is 90.3 Å². The summed E-state index contributed by atoms with van der Waals surface area (Å²) in [5.41, 5.74) is 2.05. The van der Waals surface area contributed by atoms with Crippen LogP contribution in [0.4, 0.5) is 5.69 Å². The number of aryl methyl sites for hydroxylation is 1. The molecule has 7 heteroatoms. The number of aromatic nitrogens is 2. The molecule has 0 bridgehead atoms. The molecular formula is C24H25N3O4. The normalized spacial score (nSPS) is 10.5. The van der Waals surface area contributed by atoms with Crippen molar-refractivity contribution in [2.24, 2.45) is 0 Å². The summed E-state index contributed by atoms with van der Waals surface area (Å²) in [5.74, 6) is -0.303. The van der Waals surface area contributed by atoms with E-state index < -0.39 is 5.97 Å². The van der Waals surface area contributed by atoms with Gasteiger partial charge in [-0.05, 0) is 37.6 Å². The summed E-state index contributed by atoms with van der Waals surface area (Å²) in [6, 6.07) is 17.3. The van der Waals surface area contributed by atoms with E-state index in [0.29, 0.717) is 29.4 Å². The third-order valence-corrected chi connectivity index (χ3v) is 4.71. The Morgan fingerprint density at radius 1 is 1.06 bits per heavy atom. The van der Waals surface area contributed by atoms with Gasteiger partial charge in [0.1, 0.15) is 12.4 Å². The molecule has 0 radical (unpaired) electrons. The highest BCUT2D eigenvalue weighted by atomic mass is 16.5. The molecule has 1 aromatic heterocycles. The average molecular weight is 419 g/mol. The number of benzene rings is 2. The predicted octanol–water partition coefficient (Wildman–Crippen LogP) is 3.81. The number of hydrogen-bond acceptors (Lipinski definition) is 5. The number of nitrogens with zero attached hydrogens (tertiary/aromatic N) is 2. The van der Waals surface area contributed by atoms with E-state index in [-0.39, 0.29) is 18.0 Å².